The number of anilines is 2. The molecular weight excluding hydrogens is 370 g/mol. The van der Waals surface area contributed by atoms with Crippen molar-refractivity contribution in [3.8, 4) is 0 Å². The van der Waals surface area contributed by atoms with Gasteiger partial charge in [0.25, 0.3) is 10.0 Å². The lowest BCUT2D eigenvalue weighted by molar-refractivity contribution is 0.600. The Morgan fingerprint density at radius 1 is 0.893 bits per heavy atom. The van der Waals surface area contributed by atoms with Crippen molar-refractivity contribution in [3.63, 3.8) is 0 Å². The van der Waals surface area contributed by atoms with E-state index < -0.39 is 10.0 Å². The van der Waals surface area contributed by atoms with Crippen LogP contribution in [0.5, 0.6) is 0 Å². The Morgan fingerprint density at radius 2 is 1.64 bits per heavy atom. The van der Waals surface area contributed by atoms with Crippen LogP contribution in [0.4, 0.5) is 11.4 Å². The zero-order chi connectivity index (χ0) is 19.4. The van der Waals surface area contributed by atoms with Crippen LogP contribution >= 0.6 is 0 Å². The van der Waals surface area contributed by atoms with Gasteiger partial charge in [-0.25, -0.2) is 8.42 Å². The quantitative estimate of drug-likeness (QED) is 0.652. The van der Waals surface area contributed by atoms with Gasteiger partial charge in [-0.3, -0.25) is 9.71 Å². The number of hydrogen-bond donors (Lipinski definition) is 2. The average Bonchev–Trinajstić information content (AvgIpc) is 2.73. The first-order valence-corrected chi connectivity index (χ1v) is 11.0. The van der Waals surface area contributed by atoms with E-state index in [2.05, 4.69) is 15.0 Å². The lowest BCUT2D eigenvalue weighted by Gasteiger charge is -2.17. The lowest BCUT2D eigenvalue weighted by atomic mass is 9.92. The summed E-state index contributed by atoms with van der Waals surface area (Å²) < 4.78 is 28.2. The number of fused-ring (bicyclic) bond motifs is 1. The maximum Gasteiger partial charge on any atom is 0.261 e. The SMILES string of the molecule is O=S(=O)(Nc1ccc(NCc2cccnc2)cc1)c1ccc2c(c1)CCCC2. The highest BCUT2D eigenvalue weighted by Gasteiger charge is 2.17. The van der Waals surface area contributed by atoms with Gasteiger partial charge in [0.2, 0.25) is 0 Å². The normalized spacial score (nSPS) is 13.6. The molecule has 6 heteroatoms. The van der Waals surface area contributed by atoms with Crippen LogP contribution in [0.2, 0.25) is 0 Å². The monoisotopic (exact) mass is 393 g/mol. The van der Waals surface area contributed by atoms with E-state index in [0.29, 0.717) is 17.1 Å². The van der Waals surface area contributed by atoms with E-state index in [1.165, 1.54) is 12.0 Å². The van der Waals surface area contributed by atoms with Gasteiger partial charge in [-0.05, 0) is 84.8 Å². The molecule has 0 fully saturated rings. The van der Waals surface area contributed by atoms with Gasteiger partial charge >= 0.3 is 0 Å². The van der Waals surface area contributed by atoms with Crippen LogP contribution < -0.4 is 10.0 Å². The summed E-state index contributed by atoms with van der Waals surface area (Å²) in [6.45, 7) is 0.661. The molecule has 1 heterocycles. The van der Waals surface area contributed by atoms with Gasteiger partial charge in [0, 0.05) is 30.3 Å². The second-order valence-electron chi connectivity index (χ2n) is 7.04. The number of nitrogens with one attached hydrogen (secondary N) is 2. The van der Waals surface area contributed by atoms with E-state index in [0.717, 1.165) is 36.1 Å². The van der Waals surface area contributed by atoms with Crippen molar-refractivity contribution >= 4 is 21.4 Å². The second-order valence-corrected chi connectivity index (χ2v) is 8.72. The molecule has 0 bridgehead atoms. The minimum absolute atomic E-state index is 0.326. The molecule has 0 spiro atoms. The Hall–Kier alpha value is -2.86. The molecule has 0 amide bonds. The lowest BCUT2D eigenvalue weighted by Crippen LogP contribution is -2.14. The van der Waals surface area contributed by atoms with Crippen molar-refractivity contribution in [3.05, 3.63) is 83.7 Å². The molecule has 0 aliphatic heterocycles. The van der Waals surface area contributed by atoms with E-state index >= 15 is 0 Å². The molecule has 0 unspecified atom stereocenters. The molecule has 2 N–H and O–H groups in total. The maximum atomic E-state index is 12.7. The van der Waals surface area contributed by atoms with Gasteiger partial charge in [0.1, 0.15) is 0 Å². The fraction of sp³-hybridized carbons (Fsp3) is 0.227. The van der Waals surface area contributed by atoms with Gasteiger partial charge in [-0.1, -0.05) is 12.1 Å². The summed E-state index contributed by atoms with van der Waals surface area (Å²) in [7, 11) is -3.59. The van der Waals surface area contributed by atoms with Gasteiger partial charge in [-0.2, -0.15) is 0 Å². The molecule has 0 saturated carbocycles. The summed E-state index contributed by atoms with van der Waals surface area (Å²) in [5, 5.41) is 3.30. The number of nitrogens with zero attached hydrogens (tertiary/aromatic N) is 1. The summed E-state index contributed by atoms with van der Waals surface area (Å²) in [5.74, 6) is 0. The number of rotatable bonds is 6. The summed E-state index contributed by atoms with van der Waals surface area (Å²) in [4.78, 5) is 4.42. The van der Waals surface area contributed by atoms with E-state index in [4.69, 9.17) is 0 Å². The van der Waals surface area contributed by atoms with Crippen molar-refractivity contribution in [1.82, 2.24) is 4.98 Å². The van der Waals surface area contributed by atoms with Gasteiger partial charge in [-0.15, -0.1) is 0 Å². The Bertz CT molecular complexity index is 1050. The van der Waals surface area contributed by atoms with Crippen LogP contribution in [-0.4, -0.2) is 13.4 Å². The van der Waals surface area contributed by atoms with Crippen molar-refractivity contribution in [2.24, 2.45) is 0 Å². The molecule has 3 aromatic rings. The van der Waals surface area contributed by atoms with Crippen LogP contribution in [0.1, 0.15) is 29.5 Å². The topological polar surface area (TPSA) is 71.1 Å². The summed E-state index contributed by atoms with van der Waals surface area (Å²) in [6, 6.07) is 16.6. The first-order valence-electron chi connectivity index (χ1n) is 9.48. The number of benzene rings is 2. The van der Waals surface area contributed by atoms with Gasteiger partial charge < -0.3 is 5.32 Å². The van der Waals surface area contributed by atoms with Crippen molar-refractivity contribution in [2.75, 3.05) is 10.0 Å². The van der Waals surface area contributed by atoms with E-state index in [-0.39, 0.29) is 0 Å². The molecule has 2 aromatic carbocycles. The molecule has 1 aliphatic rings. The maximum absolute atomic E-state index is 12.7. The highest BCUT2D eigenvalue weighted by molar-refractivity contribution is 7.92. The predicted octanol–water partition coefficient (Wildman–Crippen LogP) is 4.37. The molecule has 4 rings (SSSR count). The van der Waals surface area contributed by atoms with Crippen LogP contribution in [0.3, 0.4) is 0 Å². The highest BCUT2D eigenvalue weighted by Crippen LogP contribution is 2.25. The zero-order valence-corrected chi connectivity index (χ0v) is 16.4. The Kier molecular flexibility index (Phi) is 5.30. The Balaban J connectivity index is 1.43. The van der Waals surface area contributed by atoms with Gasteiger partial charge in [0.15, 0.2) is 0 Å². The predicted molar refractivity (Wildman–Crippen MR) is 112 cm³/mol. The van der Waals surface area contributed by atoms with Crippen LogP contribution in [-0.2, 0) is 29.4 Å². The summed E-state index contributed by atoms with van der Waals surface area (Å²) in [6.07, 6.45) is 7.85. The molecule has 1 aliphatic carbocycles. The number of hydrogen-bond acceptors (Lipinski definition) is 4. The van der Waals surface area contributed by atoms with Crippen LogP contribution in [0.15, 0.2) is 71.9 Å². The van der Waals surface area contributed by atoms with Gasteiger partial charge in [0.05, 0.1) is 4.90 Å². The number of aryl methyl sites for hydroxylation is 2. The molecule has 5 nitrogen and oxygen atoms in total. The first-order chi connectivity index (χ1) is 13.6. The molecule has 144 valence electrons. The third-order valence-electron chi connectivity index (χ3n) is 4.99. The summed E-state index contributed by atoms with van der Waals surface area (Å²) >= 11 is 0. The number of sulfonamides is 1. The third-order valence-corrected chi connectivity index (χ3v) is 6.37. The summed E-state index contributed by atoms with van der Waals surface area (Å²) in [5.41, 5.74) is 4.98. The Labute approximate surface area is 165 Å². The molecule has 28 heavy (non-hydrogen) atoms. The minimum Gasteiger partial charge on any atom is -0.381 e. The van der Waals surface area contributed by atoms with E-state index in [1.54, 1.807) is 24.4 Å². The minimum atomic E-state index is -3.59. The number of pyridine rings is 1. The van der Waals surface area contributed by atoms with E-state index in [1.807, 2.05) is 42.6 Å². The Morgan fingerprint density at radius 3 is 2.39 bits per heavy atom. The third kappa shape index (κ3) is 4.34. The van der Waals surface area contributed by atoms with Crippen molar-refractivity contribution < 1.29 is 8.42 Å². The molecule has 1 aromatic heterocycles. The van der Waals surface area contributed by atoms with Crippen molar-refractivity contribution in [1.29, 1.82) is 0 Å². The van der Waals surface area contributed by atoms with Crippen molar-refractivity contribution in [2.45, 2.75) is 37.1 Å². The average molecular weight is 394 g/mol. The smallest absolute Gasteiger partial charge is 0.261 e. The highest BCUT2D eigenvalue weighted by atomic mass is 32.2. The fourth-order valence-electron chi connectivity index (χ4n) is 3.45. The number of aromatic nitrogens is 1. The van der Waals surface area contributed by atoms with Crippen LogP contribution in [0, 0.1) is 0 Å². The molecular formula is C22H23N3O2S. The second kappa shape index (κ2) is 8.02. The standard InChI is InChI=1S/C22H23N3O2S/c26-28(27,22-12-7-18-5-1-2-6-19(18)14-22)25-21-10-8-20(9-11-21)24-16-17-4-3-13-23-15-17/h3-4,7-15,24-25H,1-2,5-6,16H2. The zero-order valence-electron chi connectivity index (χ0n) is 15.6. The molecule has 0 saturated heterocycles. The largest absolute Gasteiger partial charge is 0.381 e. The first kappa shape index (κ1) is 18.5. The fourth-order valence-corrected chi connectivity index (χ4v) is 4.56. The molecule has 0 radical (unpaired) electrons. The van der Waals surface area contributed by atoms with E-state index in [9.17, 15) is 8.42 Å². The molecule has 0 atom stereocenters. The van der Waals surface area contributed by atoms with Crippen LogP contribution in [0.25, 0.3) is 0 Å².